The Labute approximate surface area is 101 Å². The molecule has 0 aromatic heterocycles. The van der Waals surface area contributed by atoms with E-state index in [1.165, 1.54) is 25.5 Å². The van der Waals surface area contributed by atoms with Crippen LogP contribution in [0.3, 0.4) is 0 Å². The molecule has 0 atom stereocenters. The van der Waals surface area contributed by atoms with Crippen molar-refractivity contribution in [1.29, 1.82) is 0 Å². The van der Waals surface area contributed by atoms with Crippen molar-refractivity contribution in [3.63, 3.8) is 0 Å². The molecule has 1 aliphatic carbocycles. The standard InChI is InChI=1S/C9H8Cl2.CH5N.CH4O/c10-8-4-3-7(5-9(8)11)6-1-2-6;2*1-2/h3-6H,1-2H2;2H2,1H3;2H,1H3. The minimum atomic E-state index is 0.649. The lowest BCUT2D eigenvalue weighted by Gasteiger charge is -1.99. The van der Waals surface area contributed by atoms with Crippen LogP contribution in [0.4, 0.5) is 0 Å². The maximum absolute atomic E-state index is 7.00. The maximum atomic E-state index is 7.00. The molecule has 1 saturated carbocycles. The third-order valence-corrected chi connectivity index (χ3v) is 2.73. The summed E-state index contributed by atoms with van der Waals surface area (Å²) in [5, 5.41) is 8.33. The van der Waals surface area contributed by atoms with Gasteiger partial charge in [0.1, 0.15) is 0 Å². The Kier molecular flexibility index (Phi) is 7.79. The zero-order valence-electron chi connectivity index (χ0n) is 9.00. The zero-order valence-corrected chi connectivity index (χ0v) is 10.5. The lowest BCUT2D eigenvalue weighted by Crippen LogP contribution is -1.78. The lowest BCUT2D eigenvalue weighted by molar-refractivity contribution is 0.399. The Hall–Kier alpha value is -0.280. The highest BCUT2D eigenvalue weighted by Gasteiger charge is 2.23. The molecule has 0 amide bonds. The van der Waals surface area contributed by atoms with Crippen LogP contribution < -0.4 is 5.73 Å². The first-order valence-corrected chi connectivity index (χ1v) is 5.50. The van der Waals surface area contributed by atoms with Crippen molar-refractivity contribution in [1.82, 2.24) is 0 Å². The minimum absolute atomic E-state index is 0.649. The van der Waals surface area contributed by atoms with Crippen molar-refractivity contribution < 1.29 is 5.11 Å². The average molecular weight is 250 g/mol. The fraction of sp³-hybridized carbons (Fsp3) is 0.455. The van der Waals surface area contributed by atoms with E-state index in [9.17, 15) is 0 Å². The van der Waals surface area contributed by atoms with Gasteiger partial charge in [0.25, 0.3) is 0 Å². The van der Waals surface area contributed by atoms with Crippen LogP contribution in [0.5, 0.6) is 0 Å². The van der Waals surface area contributed by atoms with Gasteiger partial charge in [-0.2, -0.15) is 0 Å². The molecule has 0 heterocycles. The molecule has 1 aromatic carbocycles. The summed E-state index contributed by atoms with van der Waals surface area (Å²) in [4.78, 5) is 0. The summed E-state index contributed by atoms with van der Waals surface area (Å²) in [5.41, 5.74) is 5.83. The molecular formula is C11H17Cl2NO. The number of halogens is 2. The second kappa shape index (κ2) is 7.94. The largest absolute Gasteiger partial charge is 0.400 e. The van der Waals surface area contributed by atoms with Gasteiger partial charge in [0, 0.05) is 7.11 Å². The third-order valence-electron chi connectivity index (χ3n) is 1.99. The Morgan fingerprint density at radius 1 is 1.13 bits per heavy atom. The lowest BCUT2D eigenvalue weighted by atomic mass is 10.1. The zero-order chi connectivity index (χ0) is 11.8. The molecule has 4 heteroatoms. The molecule has 86 valence electrons. The molecule has 0 aliphatic heterocycles. The van der Waals surface area contributed by atoms with Gasteiger partial charge in [-0.25, -0.2) is 0 Å². The predicted octanol–water partition coefficient (Wildman–Crippen LogP) is 3.05. The van der Waals surface area contributed by atoms with Gasteiger partial charge in [0.15, 0.2) is 0 Å². The number of hydrogen-bond donors (Lipinski definition) is 2. The van der Waals surface area contributed by atoms with Gasteiger partial charge in [-0.3, -0.25) is 0 Å². The quantitative estimate of drug-likeness (QED) is 0.804. The van der Waals surface area contributed by atoms with E-state index < -0.39 is 0 Å². The molecule has 0 bridgehead atoms. The highest BCUT2D eigenvalue weighted by Crippen LogP contribution is 2.41. The SMILES string of the molecule is CN.CO.Clc1ccc(C2CC2)cc1Cl. The third kappa shape index (κ3) is 4.85. The predicted molar refractivity (Wildman–Crippen MR) is 66.7 cm³/mol. The van der Waals surface area contributed by atoms with E-state index >= 15 is 0 Å². The molecule has 0 saturated heterocycles. The van der Waals surface area contributed by atoms with Crippen LogP contribution >= 0.6 is 23.2 Å². The van der Waals surface area contributed by atoms with Gasteiger partial charge in [-0.05, 0) is 43.5 Å². The van der Waals surface area contributed by atoms with Crippen LogP contribution in [0.25, 0.3) is 0 Å². The van der Waals surface area contributed by atoms with E-state index in [-0.39, 0.29) is 0 Å². The van der Waals surface area contributed by atoms with Crippen molar-refractivity contribution in [2.24, 2.45) is 5.73 Å². The molecule has 3 N–H and O–H groups in total. The van der Waals surface area contributed by atoms with E-state index in [4.69, 9.17) is 28.3 Å². The summed E-state index contributed by atoms with van der Waals surface area (Å²) in [5.74, 6) is 0.754. The molecular weight excluding hydrogens is 233 g/mol. The highest BCUT2D eigenvalue weighted by atomic mass is 35.5. The number of rotatable bonds is 1. The molecule has 15 heavy (non-hydrogen) atoms. The monoisotopic (exact) mass is 249 g/mol. The van der Waals surface area contributed by atoms with Crippen molar-refractivity contribution in [3.8, 4) is 0 Å². The topological polar surface area (TPSA) is 46.2 Å². The van der Waals surface area contributed by atoms with Gasteiger partial charge in [0.05, 0.1) is 10.0 Å². The van der Waals surface area contributed by atoms with Crippen LogP contribution in [0.15, 0.2) is 18.2 Å². The molecule has 0 unspecified atom stereocenters. The Morgan fingerprint density at radius 2 is 1.67 bits per heavy atom. The Morgan fingerprint density at radius 3 is 2.07 bits per heavy atom. The van der Waals surface area contributed by atoms with Gasteiger partial charge >= 0.3 is 0 Å². The smallest absolute Gasteiger partial charge is 0.0595 e. The van der Waals surface area contributed by atoms with Crippen molar-refractivity contribution >= 4 is 23.2 Å². The van der Waals surface area contributed by atoms with Crippen LogP contribution in [0.2, 0.25) is 10.0 Å². The molecule has 2 rings (SSSR count). The van der Waals surface area contributed by atoms with E-state index in [0.29, 0.717) is 10.0 Å². The van der Waals surface area contributed by atoms with Crippen LogP contribution in [0.1, 0.15) is 24.3 Å². The average Bonchev–Trinajstić information content (AvgIpc) is 3.12. The van der Waals surface area contributed by atoms with Gasteiger partial charge < -0.3 is 10.8 Å². The molecule has 0 radical (unpaired) electrons. The molecule has 0 spiro atoms. The van der Waals surface area contributed by atoms with Crippen LogP contribution in [0, 0.1) is 0 Å². The minimum Gasteiger partial charge on any atom is -0.400 e. The van der Waals surface area contributed by atoms with Gasteiger partial charge in [-0.1, -0.05) is 29.3 Å². The summed E-state index contributed by atoms with van der Waals surface area (Å²) in [6, 6.07) is 5.91. The second-order valence-electron chi connectivity index (χ2n) is 2.95. The number of benzene rings is 1. The van der Waals surface area contributed by atoms with E-state index in [2.05, 4.69) is 11.8 Å². The molecule has 1 aliphatic rings. The van der Waals surface area contributed by atoms with Crippen molar-refractivity contribution in [2.75, 3.05) is 14.2 Å². The normalized spacial score (nSPS) is 13.2. The van der Waals surface area contributed by atoms with Crippen molar-refractivity contribution in [3.05, 3.63) is 33.8 Å². The van der Waals surface area contributed by atoms with Gasteiger partial charge in [-0.15, -0.1) is 0 Å². The fourth-order valence-corrected chi connectivity index (χ4v) is 1.49. The number of nitrogens with two attached hydrogens (primary N) is 1. The Balaban J connectivity index is 0.000000442. The van der Waals surface area contributed by atoms with E-state index in [0.717, 1.165) is 13.0 Å². The first-order chi connectivity index (χ1) is 7.27. The fourth-order valence-electron chi connectivity index (χ4n) is 1.18. The summed E-state index contributed by atoms with van der Waals surface area (Å²) in [6.45, 7) is 0. The summed E-state index contributed by atoms with van der Waals surface area (Å²) in [7, 11) is 2.50. The summed E-state index contributed by atoms with van der Waals surface area (Å²) < 4.78 is 0. The maximum Gasteiger partial charge on any atom is 0.0595 e. The summed E-state index contributed by atoms with van der Waals surface area (Å²) >= 11 is 11.6. The number of aliphatic hydroxyl groups excluding tert-OH is 1. The Bertz CT molecular complexity index is 288. The van der Waals surface area contributed by atoms with Crippen molar-refractivity contribution in [2.45, 2.75) is 18.8 Å². The first kappa shape index (κ1) is 14.7. The second-order valence-corrected chi connectivity index (χ2v) is 3.76. The molecule has 2 nitrogen and oxygen atoms in total. The molecule has 1 aromatic rings. The summed E-state index contributed by atoms with van der Waals surface area (Å²) in [6.07, 6.45) is 2.61. The molecule has 1 fully saturated rings. The first-order valence-electron chi connectivity index (χ1n) is 4.75. The van der Waals surface area contributed by atoms with E-state index in [1.807, 2.05) is 12.1 Å². The highest BCUT2D eigenvalue weighted by molar-refractivity contribution is 6.42. The number of aliphatic hydroxyl groups is 1. The van der Waals surface area contributed by atoms with Gasteiger partial charge in [0.2, 0.25) is 0 Å². The van der Waals surface area contributed by atoms with E-state index in [1.54, 1.807) is 0 Å². The van der Waals surface area contributed by atoms with Crippen LogP contribution in [-0.2, 0) is 0 Å². The van der Waals surface area contributed by atoms with Crippen LogP contribution in [-0.4, -0.2) is 19.3 Å². The number of hydrogen-bond acceptors (Lipinski definition) is 2.